The number of rotatable bonds is 4. The molecular weight excluding hydrogens is 313 g/mol. The molecule has 0 spiro atoms. The van der Waals surface area contributed by atoms with Crippen molar-refractivity contribution in [1.82, 2.24) is 25.1 Å². The molecule has 1 amide bonds. The first kappa shape index (κ1) is 14.6. The Labute approximate surface area is 136 Å². The predicted molar refractivity (Wildman–Crippen MR) is 81.4 cm³/mol. The minimum absolute atomic E-state index is 0.0428. The quantitative estimate of drug-likeness (QED) is 0.791. The molecule has 0 radical (unpaired) electrons. The van der Waals surface area contributed by atoms with Gasteiger partial charge in [0.15, 0.2) is 23.7 Å². The van der Waals surface area contributed by atoms with Gasteiger partial charge in [0.05, 0.1) is 12.1 Å². The van der Waals surface area contributed by atoms with E-state index in [9.17, 15) is 9.18 Å². The summed E-state index contributed by atoms with van der Waals surface area (Å²) in [6, 6.07) is 6.08. The van der Waals surface area contributed by atoms with Crippen LogP contribution in [0, 0.1) is 5.82 Å². The second kappa shape index (κ2) is 5.88. The summed E-state index contributed by atoms with van der Waals surface area (Å²) >= 11 is 0. The fraction of sp³-hybridized carbons (Fsp3) is 0.250. The fourth-order valence-electron chi connectivity index (χ4n) is 2.83. The van der Waals surface area contributed by atoms with E-state index in [0.717, 1.165) is 31.6 Å². The predicted octanol–water partition coefficient (Wildman–Crippen LogP) is 1.95. The number of hydrogen-bond donors (Lipinski definition) is 1. The van der Waals surface area contributed by atoms with E-state index in [2.05, 4.69) is 20.5 Å². The molecule has 0 fully saturated rings. The number of fused-ring (bicyclic) bond motifs is 1. The molecule has 0 bridgehead atoms. The third kappa shape index (κ3) is 2.45. The van der Waals surface area contributed by atoms with Gasteiger partial charge in [-0.15, -0.1) is 10.2 Å². The zero-order valence-corrected chi connectivity index (χ0v) is 12.7. The second-order valence-electron chi connectivity index (χ2n) is 5.48. The second-order valence-corrected chi connectivity index (χ2v) is 5.48. The average Bonchev–Trinajstić information content (AvgIpc) is 3.30. The summed E-state index contributed by atoms with van der Waals surface area (Å²) in [6.07, 6.45) is 3.07. The molecule has 4 rings (SSSR count). The van der Waals surface area contributed by atoms with Crippen molar-refractivity contribution in [2.24, 2.45) is 0 Å². The first-order valence-corrected chi connectivity index (χ1v) is 7.61. The largest absolute Gasteiger partial charge is 0.443 e. The van der Waals surface area contributed by atoms with Gasteiger partial charge in [0.2, 0.25) is 0 Å². The van der Waals surface area contributed by atoms with E-state index in [1.54, 1.807) is 12.1 Å². The Hall–Kier alpha value is -3.03. The van der Waals surface area contributed by atoms with Gasteiger partial charge in [-0.3, -0.25) is 4.79 Å². The summed E-state index contributed by atoms with van der Waals surface area (Å²) in [7, 11) is 0. The van der Waals surface area contributed by atoms with E-state index in [1.807, 2.05) is 4.57 Å². The molecule has 1 aromatic carbocycles. The van der Waals surface area contributed by atoms with Crippen molar-refractivity contribution in [3.63, 3.8) is 0 Å². The summed E-state index contributed by atoms with van der Waals surface area (Å²) in [5, 5.41) is 10.9. The van der Waals surface area contributed by atoms with Gasteiger partial charge >= 0.3 is 0 Å². The van der Waals surface area contributed by atoms with Crippen molar-refractivity contribution in [1.29, 1.82) is 0 Å². The van der Waals surface area contributed by atoms with Crippen molar-refractivity contribution >= 4 is 5.91 Å². The van der Waals surface area contributed by atoms with Crippen LogP contribution in [0.3, 0.4) is 0 Å². The molecule has 122 valence electrons. The topological polar surface area (TPSA) is 85.8 Å². The molecule has 1 N–H and O–H groups in total. The molecule has 3 heterocycles. The summed E-state index contributed by atoms with van der Waals surface area (Å²) in [5.74, 6) is 0.826. The minimum Gasteiger partial charge on any atom is -0.443 e. The standard InChI is InChI=1S/C16H14FN5O2/c17-11-5-2-1-4-10(11)15-14(19-9-24-15)16(23)18-8-13-21-20-12-6-3-7-22(12)13/h1-2,4-5,9H,3,6-8H2,(H,18,23). The Balaban J connectivity index is 1.53. The van der Waals surface area contributed by atoms with Crippen molar-refractivity contribution in [2.45, 2.75) is 25.9 Å². The normalized spacial score (nSPS) is 13.0. The van der Waals surface area contributed by atoms with Crippen molar-refractivity contribution in [3.8, 4) is 11.3 Å². The van der Waals surface area contributed by atoms with Gasteiger partial charge in [0.1, 0.15) is 11.6 Å². The Morgan fingerprint density at radius 2 is 2.21 bits per heavy atom. The van der Waals surface area contributed by atoms with Crippen LogP contribution in [0.2, 0.25) is 0 Å². The van der Waals surface area contributed by atoms with Crippen LogP contribution in [-0.2, 0) is 19.5 Å². The van der Waals surface area contributed by atoms with Crippen LogP contribution in [0.25, 0.3) is 11.3 Å². The molecule has 3 aromatic rings. The van der Waals surface area contributed by atoms with Crippen LogP contribution in [0.1, 0.15) is 28.6 Å². The third-order valence-corrected chi connectivity index (χ3v) is 3.99. The maximum Gasteiger partial charge on any atom is 0.274 e. The van der Waals surface area contributed by atoms with Crippen LogP contribution in [0.5, 0.6) is 0 Å². The molecule has 2 aromatic heterocycles. The number of benzene rings is 1. The lowest BCUT2D eigenvalue weighted by Crippen LogP contribution is -2.25. The molecule has 8 heteroatoms. The van der Waals surface area contributed by atoms with E-state index in [-0.39, 0.29) is 23.6 Å². The van der Waals surface area contributed by atoms with Gasteiger partial charge in [0.25, 0.3) is 5.91 Å². The van der Waals surface area contributed by atoms with Gasteiger partial charge < -0.3 is 14.3 Å². The van der Waals surface area contributed by atoms with Crippen LogP contribution in [0.15, 0.2) is 35.1 Å². The first-order valence-electron chi connectivity index (χ1n) is 7.61. The maximum atomic E-state index is 13.9. The number of aromatic nitrogens is 4. The molecule has 1 aliphatic heterocycles. The van der Waals surface area contributed by atoms with E-state index < -0.39 is 11.7 Å². The lowest BCUT2D eigenvalue weighted by Gasteiger charge is -2.06. The lowest BCUT2D eigenvalue weighted by molar-refractivity contribution is 0.0945. The van der Waals surface area contributed by atoms with Crippen LogP contribution >= 0.6 is 0 Å². The number of carbonyl (C=O) groups excluding carboxylic acids is 1. The number of amides is 1. The molecular formula is C16H14FN5O2. The summed E-state index contributed by atoms with van der Waals surface area (Å²) in [4.78, 5) is 16.3. The van der Waals surface area contributed by atoms with E-state index >= 15 is 0 Å². The average molecular weight is 327 g/mol. The zero-order valence-electron chi connectivity index (χ0n) is 12.7. The Morgan fingerprint density at radius 3 is 3.08 bits per heavy atom. The SMILES string of the molecule is O=C(NCc1nnc2n1CCC2)c1ncoc1-c1ccccc1F. The molecule has 1 aliphatic rings. The molecule has 24 heavy (non-hydrogen) atoms. The highest BCUT2D eigenvalue weighted by Gasteiger charge is 2.22. The van der Waals surface area contributed by atoms with E-state index in [1.165, 1.54) is 12.1 Å². The lowest BCUT2D eigenvalue weighted by atomic mass is 10.1. The number of oxazole rings is 1. The van der Waals surface area contributed by atoms with Crippen molar-refractivity contribution in [3.05, 3.63) is 53.8 Å². The highest BCUT2D eigenvalue weighted by molar-refractivity contribution is 5.97. The number of nitrogens with one attached hydrogen (secondary N) is 1. The van der Waals surface area contributed by atoms with Gasteiger partial charge in [0, 0.05) is 13.0 Å². The number of aryl methyl sites for hydroxylation is 1. The van der Waals surface area contributed by atoms with Crippen LogP contribution in [-0.4, -0.2) is 25.7 Å². The fourth-order valence-corrected chi connectivity index (χ4v) is 2.83. The molecule has 0 saturated heterocycles. The highest BCUT2D eigenvalue weighted by atomic mass is 19.1. The van der Waals surface area contributed by atoms with Gasteiger partial charge in [-0.25, -0.2) is 9.37 Å². The van der Waals surface area contributed by atoms with Gasteiger partial charge in [-0.1, -0.05) is 12.1 Å². The molecule has 7 nitrogen and oxygen atoms in total. The molecule has 0 atom stereocenters. The first-order chi connectivity index (χ1) is 11.7. The number of carbonyl (C=O) groups is 1. The Kier molecular flexibility index (Phi) is 3.56. The molecule has 0 aliphatic carbocycles. The summed E-state index contributed by atoms with van der Waals surface area (Å²) < 4.78 is 21.1. The molecule has 0 unspecified atom stereocenters. The Bertz CT molecular complexity index is 902. The van der Waals surface area contributed by atoms with Gasteiger partial charge in [-0.2, -0.15) is 0 Å². The minimum atomic E-state index is -0.474. The maximum absolute atomic E-state index is 13.9. The van der Waals surface area contributed by atoms with E-state index in [0.29, 0.717) is 5.82 Å². The van der Waals surface area contributed by atoms with Crippen LogP contribution in [0.4, 0.5) is 4.39 Å². The molecule has 0 saturated carbocycles. The third-order valence-electron chi connectivity index (χ3n) is 3.99. The monoisotopic (exact) mass is 327 g/mol. The van der Waals surface area contributed by atoms with Gasteiger partial charge in [-0.05, 0) is 18.6 Å². The van der Waals surface area contributed by atoms with Crippen molar-refractivity contribution in [2.75, 3.05) is 0 Å². The van der Waals surface area contributed by atoms with Crippen LogP contribution < -0.4 is 5.32 Å². The van der Waals surface area contributed by atoms with Crippen molar-refractivity contribution < 1.29 is 13.6 Å². The number of halogens is 1. The van der Waals surface area contributed by atoms with E-state index in [4.69, 9.17) is 4.42 Å². The zero-order chi connectivity index (χ0) is 16.5. The summed E-state index contributed by atoms with van der Waals surface area (Å²) in [6.45, 7) is 1.09. The number of nitrogens with zero attached hydrogens (tertiary/aromatic N) is 4. The summed E-state index contributed by atoms with van der Waals surface area (Å²) in [5.41, 5.74) is 0.241. The Morgan fingerprint density at radius 1 is 1.33 bits per heavy atom. The number of hydrogen-bond acceptors (Lipinski definition) is 5. The smallest absolute Gasteiger partial charge is 0.274 e. The highest BCUT2D eigenvalue weighted by Crippen LogP contribution is 2.25.